The minimum absolute atomic E-state index is 0.256. The normalized spacial score (nSPS) is 12.8. The predicted molar refractivity (Wildman–Crippen MR) is 120 cm³/mol. The Morgan fingerprint density at radius 1 is 1.16 bits per heavy atom. The van der Waals surface area contributed by atoms with E-state index in [1.54, 1.807) is 12.1 Å². The Hall–Kier alpha value is -4.02. The van der Waals surface area contributed by atoms with Crippen LogP contribution in [0.4, 0.5) is 13.2 Å². The van der Waals surface area contributed by atoms with E-state index in [0.29, 0.717) is 20.4 Å². The molecule has 198 valence electrons. The Morgan fingerprint density at radius 3 is 2.32 bits per heavy atom. The molecule has 0 saturated heterocycles. The number of hydroxylamine groups is 1. The molecule has 0 spiro atoms. The Labute approximate surface area is 207 Å². The van der Waals surface area contributed by atoms with E-state index in [1.165, 1.54) is 47.1 Å². The van der Waals surface area contributed by atoms with Gasteiger partial charge in [-0.1, -0.05) is 0 Å². The van der Waals surface area contributed by atoms with Crippen molar-refractivity contribution in [3.05, 3.63) is 81.4 Å². The molecule has 0 aliphatic rings. The molecule has 0 aliphatic heterocycles. The van der Waals surface area contributed by atoms with Crippen LogP contribution >= 0.6 is 0 Å². The van der Waals surface area contributed by atoms with Gasteiger partial charge in [-0.3, -0.25) is 29.3 Å². The number of nitrogens with zero attached hydrogens (tertiary/aromatic N) is 3. The third kappa shape index (κ3) is 6.41. The number of alkyl halides is 3. The van der Waals surface area contributed by atoms with E-state index in [0.717, 1.165) is 7.05 Å². The van der Waals surface area contributed by atoms with Gasteiger partial charge in [0.25, 0.3) is 11.5 Å². The summed E-state index contributed by atoms with van der Waals surface area (Å²) < 4.78 is 72.0. The number of carbonyl (C=O) groups excluding carboxylic acids is 1. The van der Waals surface area contributed by atoms with Crippen LogP contribution in [0.5, 0.6) is 11.5 Å². The molecule has 16 heteroatoms. The largest absolute Gasteiger partial charge is 0.457 e. The van der Waals surface area contributed by atoms with Crippen molar-refractivity contribution in [2.75, 3.05) is 7.05 Å². The minimum Gasteiger partial charge on any atom is -0.457 e. The Balaban J connectivity index is 1.83. The fraction of sp³-hybridized carbons (Fsp3) is 0.238. The number of halogens is 3. The van der Waals surface area contributed by atoms with Crippen molar-refractivity contribution in [3.63, 3.8) is 0 Å². The van der Waals surface area contributed by atoms with Gasteiger partial charge in [0.05, 0.1) is 4.90 Å². The average molecular weight is 543 g/mol. The van der Waals surface area contributed by atoms with Crippen LogP contribution in [-0.2, 0) is 27.5 Å². The number of amides is 1. The predicted octanol–water partition coefficient (Wildman–Crippen LogP) is 1.33. The van der Waals surface area contributed by atoms with Crippen molar-refractivity contribution in [1.29, 1.82) is 0 Å². The smallest absolute Gasteiger partial charge is 0.423 e. The highest BCUT2D eigenvalue weighted by molar-refractivity contribution is 7.89. The molecule has 0 radical (unpaired) electrons. The lowest BCUT2D eigenvalue weighted by Crippen LogP contribution is -2.47. The van der Waals surface area contributed by atoms with Gasteiger partial charge in [0, 0.05) is 32.2 Å². The quantitative estimate of drug-likeness (QED) is 0.269. The molecule has 0 bridgehead atoms. The lowest BCUT2D eigenvalue weighted by molar-refractivity contribution is -0.139. The molecular formula is C21H20F3N5O7S. The summed E-state index contributed by atoms with van der Waals surface area (Å²) in [4.78, 5) is 40.8. The number of carbonyl (C=O) groups is 1. The van der Waals surface area contributed by atoms with E-state index in [9.17, 15) is 36.0 Å². The Bertz CT molecular complexity index is 1470. The zero-order valence-corrected chi connectivity index (χ0v) is 19.8. The van der Waals surface area contributed by atoms with Crippen molar-refractivity contribution < 1.29 is 36.3 Å². The number of aryl methyl sites for hydroxylation is 1. The average Bonchev–Trinajstić information content (AvgIpc) is 2.85. The summed E-state index contributed by atoms with van der Waals surface area (Å²) in [5.74, 6) is -0.443. The second-order valence-electron chi connectivity index (χ2n) is 7.55. The van der Waals surface area contributed by atoms with Gasteiger partial charge in [-0.15, -0.1) is 0 Å². The number of rotatable bonds is 9. The Morgan fingerprint density at radius 2 is 1.76 bits per heavy atom. The summed E-state index contributed by atoms with van der Waals surface area (Å²) in [6.07, 6.45) is -2.32. The molecule has 1 atom stereocenters. The summed E-state index contributed by atoms with van der Waals surface area (Å²) in [5, 5.41) is 9.10. The number of aromatic amines is 1. The summed E-state index contributed by atoms with van der Waals surface area (Å²) in [7, 11) is -3.34. The molecule has 1 aromatic carbocycles. The number of H-pyrrole nitrogens is 1. The molecule has 2 aromatic heterocycles. The van der Waals surface area contributed by atoms with Crippen molar-refractivity contribution in [3.8, 4) is 11.5 Å². The van der Waals surface area contributed by atoms with E-state index >= 15 is 0 Å². The molecule has 1 unspecified atom stereocenters. The second-order valence-corrected chi connectivity index (χ2v) is 9.55. The van der Waals surface area contributed by atoms with Gasteiger partial charge in [0.15, 0.2) is 0 Å². The van der Waals surface area contributed by atoms with Gasteiger partial charge >= 0.3 is 11.9 Å². The van der Waals surface area contributed by atoms with E-state index < -0.39 is 57.9 Å². The third-order valence-electron chi connectivity index (χ3n) is 5.20. The second kappa shape index (κ2) is 10.9. The van der Waals surface area contributed by atoms with Gasteiger partial charge in [-0.05, 0) is 42.8 Å². The molecule has 0 saturated carbocycles. The summed E-state index contributed by atoms with van der Waals surface area (Å²) in [6.45, 7) is -0.602. The van der Waals surface area contributed by atoms with Crippen LogP contribution in [0.1, 0.15) is 12.0 Å². The first-order valence-electron chi connectivity index (χ1n) is 10.4. The maximum absolute atomic E-state index is 13.1. The highest BCUT2D eigenvalue weighted by Crippen LogP contribution is 2.26. The molecule has 3 N–H and O–H groups in total. The first-order chi connectivity index (χ1) is 17.3. The van der Waals surface area contributed by atoms with E-state index in [-0.39, 0.29) is 11.1 Å². The fourth-order valence-electron chi connectivity index (χ4n) is 3.25. The van der Waals surface area contributed by atoms with Crippen LogP contribution in [0.25, 0.3) is 0 Å². The standard InChI is InChI=1S/C21H20F3N5O7S/c1-28(37(34,35)15-4-2-13(3-5-15)36-14-6-9-25-10-7-14)17(19(31)27-33)8-11-29-12-16(21(22,23)24)18(30)26-20(29)32/h2-7,9-10,12,17,33H,8,11H2,1H3,(H,27,31)(H,26,30,32). The highest BCUT2D eigenvalue weighted by Gasteiger charge is 2.36. The molecule has 2 heterocycles. The molecule has 0 aliphatic carbocycles. The molecule has 0 fully saturated rings. The van der Waals surface area contributed by atoms with Gasteiger partial charge in [-0.2, -0.15) is 17.5 Å². The lowest BCUT2D eigenvalue weighted by atomic mass is 10.2. The number of hydrogen-bond donors (Lipinski definition) is 3. The molecule has 3 aromatic rings. The van der Waals surface area contributed by atoms with Gasteiger partial charge < -0.3 is 4.74 Å². The first kappa shape index (κ1) is 27.6. The summed E-state index contributed by atoms with van der Waals surface area (Å²) in [5.41, 5.74) is -3.18. The van der Waals surface area contributed by atoms with Crippen LogP contribution in [0.3, 0.4) is 0 Å². The zero-order valence-electron chi connectivity index (χ0n) is 19.0. The van der Waals surface area contributed by atoms with Crippen LogP contribution in [0.2, 0.25) is 0 Å². The van der Waals surface area contributed by atoms with Crippen molar-refractivity contribution in [2.45, 2.75) is 30.1 Å². The zero-order chi connectivity index (χ0) is 27.4. The van der Waals surface area contributed by atoms with E-state index in [1.807, 2.05) is 0 Å². The SMILES string of the molecule is CN(C(CCn1cc(C(F)(F)F)c(=O)[nH]c1=O)C(=O)NO)S(=O)(=O)c1ccc(Oc2ccncc2)cc1. The number of hydrogen-bond acceptors (Lipinski definition) is 8. The van der Waals surface area contributed by atoms with Crippen molar-refractivity contribution >= 4 is 15.9 Å². The highest BCUT2D eigenvalue weighted by atomic mass is 32.2. The maximum Gasteiger partial charge on any atom is 0.423 e. The fourth-order valence-corrected chi connectivity index (χ4v) is 4.60. The number of likely N-dealkylation sites (N-methyl/N-ethyl adjacent to an activating group) is 1. The minimum atomic E-state index is -5.06. The maximum atomic E-state index is 13.1. The molecular weight excluding hydrogens is 523 g/mol. The van der Waals surface area contributed by atoms with Crippen molar-refractivity contribution in [1.82, 2.24) is 24.3 Å². The van der Waals surface area contributed by atoms with Gasteiger partial charge in [0.1, 0.15) is 23.1 Å². The van der Waals surface area contributed by atoms with Crippen LogP contribution < -0.4 is 21.5 Å². The number of benzene rings is 1. The summed E-state index contributed by atoms with van der Waals surface area (Å²) in [6, 6.07) is 6.66. The van der Waals surface area contributed by atoms with E-state index in [2.05, 4.69) is 4.98 Å². The number of nitrogens with one attached hydrogen (secondary N) is 2. The Kier molecular flexibility index (Phi) is 8.15. The third-order valence-corrected chi connectivity index (χ3v) is 7.08. The molecule has 3 rings (SSSR count). The van der Waals surface area contributed by atoms with Crippen LogP contribution in [-0.4, -0.2) is 51.5 Å². The molecule has 37 heavy (non-hydrogen) atoms. The number of aromatic nitrogens is 3. The molecule has 12 nitrogen and oxygen atoms in total. The van der Waals surface area contributed by atoms with Crippen LogP contribution in [0, 0.1) is 0 Å². The number of ether oxygens (including phenoxy) is 1. The topological polar surface area (TPSA) is 164 Å². The lowest BCUT2D eigenvalue weighted by Gasteiger charge is -2.26. The number of pyridine rings is 1. The summed E-state index contributed by atoms with van der Waals surface area (Å²) >= 11 is 0. The first-order valence-corrected chi connectivity index (χ1v) is 11.8. The molecule has 1 amide bonds. The number of sulfonamides is 1. The van der Waals surface area contributed by atoms with Gasteiger partial charge in [0.2, 0.25) is 10.0 Å². The van der Waals surface area contributed by atoms with Crippen LogP contribution in [0.15, 0.2) is 69.5 Å². The van der Waals surface area contributed by atoms with E-state index in [4.69, 9.17) is 9.94 Å². The van der Waals surface area contributed by atoms with Crippen molar-refractivity contribution in [2.24, 2.45) is 0 Å². The monoisotopic (exact) mass is 543 g/mol. The van der Waals surface area contributed by atoms with Gasteiger partial charge in [-0.25, -0.2) is 18.7 Å².